The molecule has 2 aliphatic heterocycles. The second-order valence-electron chi connectivity index (χ2n) is 12.3. The number of likely N-dealkylation sites (tertiary alicyclic amines) is 1. The van der Waals surface area contributed by atoms with Crippen LogP contribution >= 0.6 is 23.2 Å². The van der Waals surface area contributed by atoms with Gasteiger partial charge in [-0.2, -0.15) is 0 Å². The van der Waals surface area contributed by atoms with E-state index < -0.39 is 11.5 Å². The molecule has 0 aliphatic carbocycles. The number of benzene rings is 2. The van der Waals surface area contributed by atoms with E-state index in [9.17, 15) is 14.4 Å². The highest BCUT2D eigenvalue weighted by molar-refractivity contribution is 6.42. The number of ether oxygens (including phenoxy) is 1. The fraction of sp³-hybridized carbons (Fsp3) is 0.545. The van der Waals surface area contributed by atoms with Gasteiger partial charge < -0.3 is 24.3 Å². The minimum Gasteiger partial charge on any atom is -0.427 e. The summed E-state index contributed by atoms with van der Waals surface area (Å²) < 4.78 is 5.91. The summed E-state index contributed by atoms with van der Waals surface area (Å²) in [5, 5.41) is 4.46. The Morgan fingerprint density at radius 3 is 2.19 bits per heavy atom. The van der Waals surface area contributed by atoms with Gasteiger partial charge >= 0.3 is 5.97 Å². The second kappa shape index (κ2) is 14.4. The van der Waals surface area contributed by atoms with Crippen LogP contribution in [-0.4, -0.2) is 98.0 Å². The summed E-state index contributed by atoms with van der Waals surface area (Å²) in [5.41, 5.74) is 1.08. The Kier molecular flexibility index (Phi) is 11.1. The average Bonchev–Trinajstić information content (AvgIpc) is 3.00. The van der Waals surface area contributed by atoms with Crippen molar-refractivity contribution in [1.82, 2.24) is 15.1 Å². The molecule has 0 bridgehead atoms. The van der Waals surface area contributed by atoms with Gasteiger partial charge in [0, 0.05) is 78.4 Å². The van der Waals surface area contributed by atoms with E-state index in [0.29, 0.717) is 27.9 Å². The van der Waals surface area contributed by atoms with Crippen molar-refractivity contribution in [1.29, 1.82) is 0 Å². The molecule has 0 radical (unpaired) electrons. The summed E-state index contributed by atoms with van der Waals surface area (Å²) in [5.74, 6) is 0.0722. The molecule has 0 aromatic heterocycles. The van der Waals surface area contributed by atoms with Crippen LogP contribution in [0.25, 0.3) is 0 Å². The number of rotatable bonds is 10. The number of hydrogen-bond acceptors (Lipinski definition) is 5. The predicted octanol–water partition coefficient (Wildman–Crippen LogP) is 5.38. The first-order chi connectivity index (χ1) is 20.5. The molecule has 43 heavy (non-hydrogen) atoms. The SMILES string of the molecule is CC(=O)Oc1ccc(C(=O)N(C)CC(CC[N+]2(C3(C(=O)N(C)C)CCNCC3)CCCCC2)c2ccc(Cl)c(Cl)c2)cc1. The molecule has 2 fully saturated rings. The standard InChI is InChI=1S/C33H45Cl2N4O4/c1-24(40)43-28-11-8-25(9-12-28)31(41)38(4)23-27(26-10-13-29(34)30(35)22-26)14-21-39(19-6-5-7-20-39)33(32(42)37(2)3)15-17-36-18-16-33/h8-13,22,27,36H,5-7,14-21,23H2,1-4H3/q+1. The van der Waals surface area contributed by atoms with Gasteiger partial charge in [-0.25, -0.2) is 0 Å². The molecule has 4 rings (SSSR count). The first kappa shape index (κ1) is 33.2. The van der Waals surface area contributed by atoms with Gasteiger partial charge in [0.05, 0.1) is 29.7 Å². The molecule has 234 valence electrons. The normalized spacial score (nSPS) is 18.4. The fourth-order valence-electron chi connectivity index (χ4n) is 7.13. The molecule has 2 heterocycles. The van der Waals surface area contributed by atoms with Crippen molar-refractivity contribution in [3.8, 4) is 5.75 Å². The molecule has 1 unspecified atom stereocenters. The molecule has 0 spiro atoms. The highest BCUT2D eigenvalue weighted by Gasteiger charge is 2.57. The second-order valence-corrected chi connectivity index (χ2v) is 13.1. The number of nitrogens with zero attached hydrogens (tertiary/aromatic N) is 3. The molecule has 2 aromatic rings. The van der Waals surface area contributed by atoms with Crippen LogP contribution in [0.15, 0.2) is 42.5 Å². The first-order valence-corrected chi connectivity index (χ1v) is 16.0. The van der Waals surface area contributed by atoms with Gasteiger partial charge in [-0.15, -0.1) is 0 Å². The third-order valence-corrected chi connectivity index (χ3v) is 10.1. The van der Waals surface area contributed by atoms with Crippen LogP contribution < -0.4 is 10.1 Å². The lowest BCUT2D eigenvalue weighted by Gasteiger charge is -2.56. The lowest BCUT2D eigenvalue weighted by atomic mass is 9.79. The van der Waals surface area contributed by atoms with Gasteiger partial charge in [0.1, 0.15) is 5.75 Å². The molecule has 10 heteroatoms. The molecule has 2 saturated heterocycles. The predicted molar refractivity (Wildman–Crippen MR) is 171 cm³/mol. The van der Waals surface area contributed by atoms with Crippen LogP contribution in [0.4, 0.5) is 0 Å². The van der Waals surface area contributed by atoms with Crippen LogP contribution in [0.1, 0.15) is 67.3 Å². The zero-order valence-electron chi connectivity index (χ0n) is 25.8. The van der Waals surface area contributed by atoms with Gasteiger partial charge in [0.2, 0.25) is 0 Å². The van der Waals surface area contributed by atoms with Gasteiger partial charge in [-0.1, -0.05) is 29.3 Å². The van der Waals surface area contributed by atoms with Crippen molar-refractivity contribution in [2.45, 2.75) is 56.9 Å². The fourth-order valence-corrected chi connectivity index (χ4v) is 7.44. The monoisotopic (exact) mass is 631 g/mol. The third kappa shape index (κ3) is 7.54. The number of piperidine rings is 2. The molecule has 2 aliphatic rings. The molecular formula is C33H45Cl2N4O4+. The maximum absolute atomic E-state index is 14.0. The number of esters is 1. The average molecular weight is 633 g/mol. The van der Waals surface area contributed by atoms with Crippen molar-refractivity contribution in [3.63, 3.8) is 0 Å². The number of nitrogens with one attached hydrogen (secondary N) is 1. The number of carbonyl (C=O) groups is 3. The summed E-state index contributed by atoms with van der Waals surface area (Å²) in [6, 6.07) is 12.3. The van der Waals surface area contributed by atoms with E-state index in [1.807, 2.05) is 39.3 Å². The summed E-state index contributed by atoms with van der Waals surface area (Å²) in [7, 11) is 5.57. The van der Waals surface area contributed by atoms with Gasteiger partial charge in [-0.3, -0.25) is 14.4 Å². The first-order valence-electron chi connectivity index (χ1n) is 15.3. The van der Waals surface area contributed by atoms with Crippen LogP contribution in [0.3, 0.4) is 0 Å². The molecule has 8 nitrogen and oxygen atoms in total. The number of carbonyl (C=O) groups excluding carboxylic acids is 3. The summed E-state index contributed by atoms with van der Waals surface area (Å²) >= 11 is 12.8. The van der Waals surface area contributed by atoms with Crippen molar-refractivity contribution in [3.05, 3.63) is 63.6 Å². The molecule has 1 atom stereocenters. The number of likely N-dealkylation sites (N-methyl/N-ethyl adjacent to an activating group) is 2. The highest BCUT2D eigenvalue weighted by atomic mass is 35.5. The minimum absolute atomic E-state index is 0.0193. The zero-order valence-corrected chi connectivity index (χ0v) is 27.3. The molecular weight excluding hydrogens is 587 g/mol. The number of halogens is 2. The summed E-state index contributed by atoms with van der Waals surface area (Å²) in [6.07, 6.45) is 5.83. The van der Waals surface area contributed by atoms with E-state index in [1.165, 1.54) is 13.3 Å². The Bertz CT molecular complexity index is 1290. The number of hydrogen-bond donors (Lipinski definition) is 1. The third-order valence-electron chi connectivity index (χ3n) is 9.34. The van der Waals surface area contributed by atoms with E-state index in [2.05, 4.69) is 5.32 Å². The lowest BCUT2D eigenvalue weighted by molar-refractivity contribution is -0.972. The smallest absolute Gasteiger partial charge is 0.308 e. The van der Waals surface area contributed by atoms with E-state index in [0.717, 1.165) is 74.9 Å². The highest BCUT2D eigenvalue weighted by Crippen LogP contribution is 2.40. The maximum atomic E-state index is 14.0. The van der Waals surface area contributed by atoms with Crippen LogP contribution in [-0.2, 0) is 9.59 Å². The van der Waals surface area contributed by atoms with E-state index >= 15 is 0 Å². The Balaban J connectivity index is 1.62. The largest absolute Gasteiger partial charge is 0.427 e. The van der Waals surface area contributed by atoms with Gasteiger partial charge in [0.15, 0.2) is 5.54 Å². The van der Waals surface area contributed by atoms with Crippen molar-refractivity contribution < 1.29 is 23.6 Å². The van der Waals surface area contributed by atoms with Crippen LogP contribution in [0, 0.1) is 0 Å². The molecule has 2 aromatic carbocycles. The van der Waals surface area contributed by atoms with Crippen LogP contribution in [0.5, 0.6) is 5.75 Å². The van der Waals surface area contributed by atoms with Crippen molar-refractivity contribution in [2.75, 3.05) is 60.4 Å². The Labute approximate surface area is 265 Å². The van der Waals surface area contributed by atoms with E-state index in [1.54, 1.807) is 34.1 Å². The van der Waals surface area contributed by atoms with Crippen molar-refractivity contribution in [2.24, 2.45) is 0 Å². The summed E-state index contributed by atoms with van der Waals surface area (Å²) in [4.78, 5) is 42.3. The Morgan fingerprint density at radius 1 is 0.953 bits per heavy atom. The van der Waals surface area contributed by atoms with E-state index in [4.69, 9.17) is 27.9 Å². The van der Waals surface area contributed by atoms with Crippen molar-refractivity contribution >= 4 is 41.0 Å². The molecule has 1 N–H and O–H groups in total. The maximum Gasteiger partial charge on any atom is 0.308 e. The van der Waals surface area contributed by atoms with Gasteiger partial charge in [-0.05, 0) is 61.2 Å². The molecule has 2 amide bonds. The summed E-state index contributed by atoms with van der Waals surface area (Å²) in [6.45, 7) is 6.29. The van der Waals surface area contributed by atoms with E-state index in [-0.39, 0.29) is 17.7 Å². The Hall–Kier alpha value is -2.65. The minimum atomic E-state index is -0.456. The Morgan fingerprint density at radius 2 is 1.60 bits per heavy atom. The zero-order chi connectivity index (χ0) is 31.2. The number of amides is 2. The van der Waals surface area contributed by atoms with Crippen LogP contribution in [0.2, 0.25) is 10.0 Å². The topological polar surface area (TPSA) is 79.0 Å². The quantitative estimate of drug-likeness (QED) is 0.216. The lowest BCUT2D eigenvalue weighted by Crippen LogP contribution is -2.74. The van der Waals surface area contributed by atoms with Gasteiger partial charge in [0.25, 0.3) is 11.8 Å². The number of quaternary nitrogens is 1. The molecule has 0 saturated carbocycles.